The Morgan fingerprint density at radius 1 is 1.17 bits per heavy atom. The van der Waals surface area contributed by atoms with E-state index in [4.69, 9.17) is 4.74 Å². The zero-order valence-corrected chi connectivity index (χ0v) is 15.1. The Morgan fingerprint density at radius 3 is 2.78 bits per heavy atom. The van der Waals surface area contributed by atoms with Gasteiger partial charge in [0.05, 0.1) is 4.47 Å². The standard InChI is InChI=1S/C19H23BrN2O/c1-15-12-22(10-9-21-15)13-17-7-8-18(20)19(11-17)23-14-16-5-3-2-4-6-16/h2-8,11,15,21H,9-10,12-14H2,1H3. The SMILES string of the molecule is CC1CN(Cc2ccc(Br)c(OCc3ccccc3)c2)CCN1. The maximum absolute atomic E-state index is 6.00. The first-order chi connectivity index (χ1) is 11.2. The summed E-state index contributed by atoms with van der Waals surface area (Å²) in [7, 11) is 0. The highest BCUT2D eigenvalue weighted by Gasteiger charge is 2.16. The van der Waals surface area contributed by atoms with Crippen molar-refractivity contribution in [2.24, 2.45) is 0 Å². The van der Waals surface area contributed by atoms with E-state index in [2.05, 4.69) is 63.4 Å². The van der Waals surface area contributed by atoms with Crippen LogP contribution in [0, 0.1) is 0 Å². The Bertz CT molecular complexity index is 633. The number of nitrogens with zero attached hydrogens (tertiary/aromatic N) is 1. The van der Waals surface area contributed by atoms with Crippen molar-refractivity contribution in [2.45, 2.75) is 26.1 Å². The molecule has 0 bridgehead atoms. The lowest BCUT2D eigenvalue weighted by molar-refractivity contribution is 0.199. The van der Waals surface area contributed by atoms with E-state index in [1.54, 1.807) is 0 Å². The van der Waals surface area contributed by atoms with Crippen molar-refractivity contribution in [1.29, 1.82) is 0 Å². The van der Waals surface area contributed by atoms with Crippen LogP contribution < -0.4 is 10.1 Å². The van der Waals surface area contributed by atoms with E-state index >= 15 is 0 Å². The molecule has 1 heterocycles. The number of hydrogen-bond acceptors (Lipinski definition) is 3. The van der Waals surface area contributed by atoms with Gasteiger partial charge in [0, 0.05) is 32.2 Å². The van der Waals surface area contributed by atoms with Crippen LogP contribution in [-0.4, -0.2) is 30.6 Å². The van der Waals surface area contributed by atoms with Gasteiger partial charge in [-0.2, -0.15) is 0 Å². The van der Waals surface area contributed by atoms with Gasteiger partial charge in [0.15, 0.2) is 0 Å². The molecule has 1 saturated heterocycles. The fraction of sp³-hybridized carbons (Fsp3) is 0.368. The van der Waals surface area contributed by atoms with Gasteiger partial charge in [0.1, 0.15) is 12.4 Å². The Balaban J connectivity index is 1.64. The number of rotatable bonds is 5. The second-order valence-corrected chi connectivity index (χ2v) is 6.98. The third-order valence-corrected chi connectivity index (χ3v) is 4.75. The Kier molecular flexibility index (Phi) is 5.70. The van der Waals surface area contributed by atoms with Gasteiger partial charge in [0.25, 0.3) is 0 Å². The molecule has 1 aliphatic heterocycles. The summed E-state index contributed by atoms with van der Waals surface area (Å²) in [5.41, 5.74) is 2.48. The second-order valence-electron chi connectivity index (χ2n) is 6.13. The van der Waals surface area contributed by atoms with E-state index in [-0.39, 0.29) is 0 Å². The van der Waals surface area contributed by atoms with Crippen LogP contribution in [0.2, 0.25) is 0 Å². The van der Waals surface area contributed by atoms with Gasteiger partial charge in [-0.1, -0.05) is 36.4 Å². The molecule has 122 valence electrons. The molecule has 0 amide bonds. The minimum Gasteiger partial charge on any atom is -0.488 e. The molecule has 23 heavy (non-hydrogen) atoms. The van der Waals surface area contributed by atoms with E-state index in [9.17, 15) is 0 Å². The average molecular weight is 375 g/mol. The van der Waals surface area contributed by atoms with Crippen molar-refractivity contribution in [3.63, 3.8) is 0 Å². The third-order valence-electron chi connectivity index (χ3n) is 4.09. The van der Waals surface area contributed by atoms with Crippen LogP contribution in [0.5, 0.6) is 5.75 Å². The zero-order valence-electron chi connectivity index (χ0n) is 13.5. The summed E-state index contributed by atoms with van der Waals surface area (Å²) >= 11 is 3.59. The summed E-state index contributed by atoms with van der Waals surface area (Å²) in [6.07, 6.45) is 0. The summed E-state index contributed by atoms with van der Waals surface area (Å²) in [6.45, 7) is 7.06. The van der Waals surface area contributed by atoms with Crippen LogP contribution in [0.3, 0.4) is 0 Å². The second kappa shape index (κ2) is 7.95. The fourth-order valence-corrected chi connectivity index (χ4v) is 3.27. The van der Waals surface area contributed by atoms with Crippen LogP contribution >= 0.6 is 15.9 Å². The van der Waals surface area contributed by atoms with Crippen LogP contribution in [0.4, 0.5) is 0 Å². The van der Waals surface area contributed by atoms with Gasteiger partial charge in [0.2, 0.25) is 0 Å². The molecule has 0 radical (unpaired) electrons. The molecule has 3 rings (SSSR count). The maximum Gasteiger partial charge on any atom is 0.134 e. The smallest absolute Gasteiger partial charge is 0.134 e. The topological polar surface area (TPSA) is 24.5 Å². The lowest BCUT2D eigenvalue weighted by Gasteiger charge is -2.31. The number of nitrogens with one attached hydrogen (secondary N) is 1. The molecule has 2 aromatic rings. The molecule has 4 heteroatoms. The fourth-order valence-electron chi connectivity index (χ4n) is 2.91. The van der Waals surface area contributed by atoms with E-state index < -0.39 is 0 Å². The van der Waals surface area contributed by atoms with Crippen LogP contribution in [-0.2, 0) is 13.2 Å². The Morgan fingerprint density at radius 2 is 2.00 bits per heavy atom. The minimum atomic E-state index is 0.563. The molecule has 1 aliphatic rings. The zero-order chi connectivity index (χ0) is 16.1. The monoisotopic (exact) mass is 374 g/mol. The lowest BCUT2D eigenvalue weighted by Crippen LogP contribution is -2.48. The Hall–Kier alpha value is -1.36. The highest BCUT2D eigenvalue weighted by molar-refractivity contribution is 9.10. The number of benzene rings is 2. The van der Waals surface area contributed by atoms with Gasteiger partial charge >= 0.3 is 0 Å². The molecule has 1 atom stereocenters. The maximum atomic E-state index is 6.00. The van der Waals surface area contributed by atoms with Crippen molar-refractivity contribution in [3.05, 3.63) is 64.1 Å². The molecule has 1 unspecified atom stereocenters. The quantitative estimate of drug-likeness (QED) is 0.860. The van der Waals surface area contributed by atoms with E-state index in [1.165, 1.54) is 11.1 Å². The van der Waals surface area contributed by atoms with Crippen molar-refractivity contribution >= 4 is 15.9 Å². The molecule has 1 fully saturated rings. The number of halogens is 1. The number of ether oxygens (including phenoxy) is 1. The number of hydrogen-bond donors (Lipinski definition) is 1. The molecule has 2 aromatic carbocycles. The predicted molar refractivity (Wildman–Crippen MR) is 97.7 cm³/mol. The van der Waals surface area contributed by atoms with Crippen molar-refractivity contribution < 1.29 is 4.74 Å². The molecule has 0 aromatic heterocycles. The summed E-state index contributed by atoms with van der Waals surface area (Å²) in [4.78, 5) is 2.49. The number of piperazine rings is 1. The van der Waals surface area contributed by atoms with Crippen LogP contribution in [0.15, 0.2) is 53.0 Å². The van der Waals surface area contributed by atoms with Crippen LogP contribution in [0.1, 0.15) is 18.1 Å². The third kappa shape index (κ3) is 4.80. The van der Waals surface area contributed by atoms with Crippen molar-refractivity contribution in [3.8, 4) is 5.75 Å². The molecule has 0 spiro atoms. The highest BCUT2D eigenvalue weighted by atomic mass is 79.9. The first-order valence-electron chi connectivity index (χ1n) is 8.11. The minimum absolute atomic E-state index is 0.563. The normalized spacial score (nSPS) is 18.8. The van der Waals surface area contributed by atoms with Gasteiger partial charge in [-0.25, -0.2) is 0 Å². The van der Waals surface area contributed by atoms with Crippen LogP contribution in [0.25, 0.3) is 0 Å². The van der Waals surface area contributed by atoms with E-state index in [0.29, 0.717) is 12.6 Å². The summed E-state index contributed by atoms with van der Waals surface area (Å²) in [5, 5.41) is 3.48. The molecular weight excluding hydrogens is 352 g/mol. The Labute approximate surface area is 146 Å². The summed E-state index contributed by atoms with van der Waals surface area (Å²) < 4.78 is 7.00. The van der Waals surface area contributed by atoms with Gasteiger partial charge in [-0.15, -0.1) is 0 Å². The highest BCUT2D eigenvalue weighted by Crippen LogP contribution is 2.27. The van der Waals surface area contributed by atoms with E-state index in [1.807, 2.05) is 18.2 Å². The van der Waals surface area contributed by atoms with Gasteiger partial charge in [-0.05, 0) is 46.1 Å². The summed E-state index contributed by atoms with van der Waals surface area (Å²) in [5.74, 6) is 0.912. The molecule has 0 saturated carbocycles. The average Bonchev–Trinajstić information content (AvgIpc) is 2.56. The molecule has 3 nitrogen and oxygen atoms in total. The lowest BCUT2D eigenvalue weighted by atomic mass is 10.1. The van der Waals surface area contributed by atoms with E-state index in [0.717, 1.165) is 36.4 Å². The molecule has 1 N–H and O–H groups in total. The molecule has 0 aliphatic carbocycles. The van der Waals surface area contributed by atoms with Gasteiger partial charge < -0.3 is 10.1 Å². The van der Waals surface area contributed by atoms with Crippen molar-refractivity contribution in [2.75, 3.05) is 19.6 Å². The van der Waals surface area contributed by atoms with Gasteiger partial charge in [-0.3, -0.25) is 4.90 Å². The largest absolute Gasteiger partial charge is 0.488 e. The first-order valence-corrected chi connectivity index (χ1v) is 8.91. The van der Waals surface area contributed by atoms with Crippen molar-refractivity contribution in [1.82, 2.24) is 10.2 Å². The molecular formula is C19H23BrN2O. The predicted octanol–water partition coefficient (Wildman–Crippen LogP) is 3.82. The summed E-state index contributed by atoms with van der Waals surface area (Å²) in [6, 6.07) is 17.2. The first kappa shape index (κ1) is 16.5.